The van der Waals surface area contributed by atoms with Gasteiger partial charge >= 0.3 is 5.97 Å². The minimum Gasteiger partial charge on any atom is -0.487 e. The van der Waals surface area contributed by atoms with Gasteiger partial charge in [0.05, 0.1) is 6.54 Å². The number of hydrogen-bond donors (Lipinski definition) is 1. The summed E-state index contributed by atoms with van der Waals surface area (Å²) < 4.78 is 47.2. The SMILES string of the molecule is CC(Cc1ccc(F)cc1OCC(F)F)OC(=O)CN. The molecule has 0 heterocycles. The molecule has 0 radical (unpaired) electrons. The van der Waals surface area contributed by atoms with Crippen LogP contribution in [0.3, 0.4) is 0 Å². The van der Waals surface area contributed by atoms with Crippen LogP contribution in [0.4, 0.5) is 13.2 Å². The second kappa shape index (κ2) is 7.74. The zero-order valence-electron chi connectivity index (χ0n) is 10.9. The van der Waals surface area contributed by atoms with Crippen molar-refractivity contribution in [3.8, 4) is 5.75 Å². The van der Waals surface area contributed by atoms with E-state index in [1.165, 1.54) is 12.1 Å². The number of carbonyl (C=O) groups excluding carboxylic acids is 1. The van der Waals surface area contributed by atoms with Crippen molar-refractivity contribution in [2.24, 2.45) is 5.73 Å². The van der Waals surface area contributed by atoms with E-state index in [2.05, 4.69) is 0 Å². The molecule has 2 N–H and O–H groups in total. The van der Waals surface area contributed by atoms with Gasteiger partial charge in [-0.15, -0.1) is 0 Å². The number of alkyl halides is 2. The first kappa shape index (κ1) is 16.3. The lowest BCUT2D eigenvalue weighted by Gasteiger charge is -2.16. The van der Waals surface area contributed by atoms with Crippen molar-refractivity contribution in [1.82, 2.24) is 0 Å². The first-order chi connectivity index (χ1) is 9.42. The molecule has 1 unspecified atom stereocenters. The van der Waals surface area contributed by atoms with Crippen LogP contribution in [0.15, 0.2) is 18.2 Å². The zero-order valence-corrected chi connectivity index (χ0v) is 10.9. The van der Waals surface area contributed by atoms with Gasteiger partial charge in [0.1, 0.15) is 24.3 Å². The molecule has 0 saturated carbocycles. The van der Waals surface area contributed by atoms with Crippen LogP contribution in [-0.4, -0.2) is 31.7 Å². The van der Waals surface area contributed by atoms with E-state index in [1.807, 2.05) is 0 Å². The fraction of sp³-hybridized carbons (Fsp3) is 0.462. The Hall–Kier alpha value is -1.76. The number of esters is 1. The Morgan fingerprint density at radius 2 is 2.10 bits per heavy atom. The highest BCUT2D eigenvalue weighted by Crippen LogP contribution is 2.22. The predicted octanol–water partition coefficient (Wildman–Crippen LogP) is 1.90. The van der Waals surface area contributed by atoms with Crippen molar-refractivity contribution in [2.45, 2.75) is 25.9 Å². The Morgan fingerprint density at radius 3 is 2.70 bits per heavy atom. The van der Waals surface area contributed by atoms with E-state index in [1.54, 1.807) is 6.92 Å². The summed E-state index contributed by atoms with van der Waals surface area (Å²) in [6, 6.07) is 3.61. The Bertz CT molecular complexity index is 454. The van der Waals surface area contributed by atoms with E-state index in [0.29, 0.717) is 5.56 Å². The van der Waals surface area contributed by atoms with Gasteiger partial charge in [0.25, 0.3) is 6.43 Å². The molecule has 112 valence electrons. The highest BCUT2D eigenvalue weighted by Gasteiger charge is 2.14. The van der Waals surface area contributed by atoms with Crippen LogP contribution in [0.25, 0.3) is 0 Å². The molecule has 0 fully saturated rings. The summed E-state index contributed by atoms with van der Waals surface area (Å²) in [7, 11) is 0. The molecule has 0 saturated heterocycles. The monoisotopic (exact) mass is 291 g/mol. The van der Waals surface area contributed by atoms with E-state index in [9.17, 15) is 18.0 Å². The van der Waals surface area contributed by atoms with Crippen LogP contribution in [-0.2, 0) is 16.0 Å². The van der Waals surface area contributed by atoms with Crippen LogP contribution in [0.2, 0.25) is 0 Å². The molecule has 20 heavy (non-hydrogen) atoms. The fourth-order valence-corrected chi connectivity index (χ4v) is 1.61. The molecule has 0 aliphatic carbocycles. The van der Waals surface area contributed by atoms with E-state index in [0.717, 1.165) is 6.07 Å². The Morgan fingerprint density at radius 1 is 1.40 bits per heavy atom. The normalized spacial score (nSPS) is 12.3. The molecule has 0 aromatic heterocycles. The summed E-state index contributed by atoms with van der Waals surface area (Å²) in [6.07, 6.45) is -2.96. The minimum atomic E-state index is -2.65. The van der Waals surface area contributed by atoms with Crippen LogP contribution < -0.4 is 10.5 Å². The van der Waals surface area contributed by atoms with Crippen LogP contribution in [0.1, 0.15) is 12.5 Å². The third-order valence-electron chi connectivity index (χ3n) is 2.40. The molecule has 1 atom stereocenters. The number of benzene rings is 1. The van der Waals surface area contributed by atoms with Gasteiger partial charge in [-0.05, 0) is 18.6 Å². The van der Waals surface area contributed by atoms with Crippen molar-refractivity contribution in [1.29, 1.82) is 0 Å². The fourth-order valence-electron chi connectivity index (χ4n) is 1.61. The lowest BCUT2D eigenvalue weighted by molar-refractivity contribution is -0.146. The van der Waals surface area contributed by atoms with E-state index < -0.39 is 30.9 Å². The molecule has 0 amide bonds. The Labute approximate surface area is 114 Å². The van der Waals surface area contributed by atoms with E-state index >= 15 is 0 Å². The Balaban J connectivity index is 2.74. The van der Waals surface area contributed by atoms with Crippen molar-refractivity contribution in [3.05, 3.63) is 29.6 Å². The largest absolute Gasteiger partial charge is 0.487 e. The molecular weight excluding hydrogens is 275 g/mol. The maximum absolute atomic E-state index is 13.1. The van der Waals surface area contributed by atoms with Gasteiger partial charge in [-0.3, -0.25) is 4.79 Å². The molecule has 7 heteroatoms. The molecule has 1 rings (SSSR count). The van der Waals surface area contributed by atoms with E-state index in [-0.39, 0.29) is 18.7 Å². The van der Waals surface area contributed by atoms with Gasteiger partial charge in [0, 0.05) is 12.5 Å². The topological polar surface area (TPSA) is 61.5 Å². The van der Waals surface area contributed by atoms with Gasteiger partial charge in [0.15, 0.2) is 0 Å². The molecule has 1 aromatic rings. The van der Waals surface area contributed by atoms with Gasteiger partial charge in [0.2, 0.25) is 0 Å². The number of carbonyl (C=O) groups is 1. The zero-order chi connectivity index (χ0) is 15.1. The van der Waals surface area contributed by atoms with Gasteiger partial charge in [-0.1, -0.05) is 6.07 Å². The summed E-state index contributed by atoms with van der Waals surface area (Å²) in [5, 5.41) is 0. The van der Waals surface area contributed by atoms with Gasteiger partial charge in [-0.2, -0.15) is 0 Å². The number of ether oxygens (including phenoxy) is 2. The smallest absolute Gasteiger partial charge is 0.319 e. The van der Waals surface area contributed by atoms with Crippen LogP contribution in [0, 0.1) is 5.82 Å². The third-order valence-corrected chi connectivity index (χ3v) is 2.40. The molecule has 0 aliphatic heterocycles. The third kappa shape index (κ3) is 5.48. The summed E-state index contributed by atoms with van der Waals surface area (Å²) in [5.41, 5.74) is 5.59. The van der Waals surface area contributed by atoms with Gasteiger partial charge in [-0.25, -0.2) is 13.2 Å². The van der Waals surface area contributed by atoms with Crippen molar-refractivity contribution >= 4 is 5.97 Å². The maximum atomic E-state index is 13.1. The van der Waals surface area contributed by atoms with E-state index in [4.69, 9.17) is 15.2 Å². The Kier molecular flexibility index (Phi) is 6.30. The number of nitrogens with two attached hydrogens (primary N) is 1. The predicted molar refractivity (Wildman–Crippen MR) is 66.2 cm³/mol. The standard InChI is InChI=1S/C13H16F3NO3/c1-8(20-13(18)6-17)4-9-2-3-10(14)5-11(9)19-7-12(15)16/h2-3,5,8,12H,4,6-7,17H2,1H3. The van der Waals surface area contributed by atoms with Gasteiger partial charge < -0.3 is 15.2 Å². The maximum Gasteiger partial charge on any atom is 0.319 e. The average Bonchev–Trinajstić information content (AvgIpc) is 2.38. The van der Waals surface area contributed by atoms with Crippen molar-refractivity contribution in [2.75, 3.05) is 13.2 Å². The number of halogens is 3. The summed E-state index contributed by atoms with van der Waals surface area (Å²) in [5.74, 6) is -1.15. The van der Waals surface area contributed by atoms with Crippen LogP contribution >= 0.6 is 0 Å². The lowest BCUT2D eigenvalue weighted by Crippen LogP contribution is -2.23. The quantitative estimate of drug-likeness (QED) is 0.779. The number of hydrogen-bond acceptors (Lipinski definition) is 4. The second-order valence-corrected chi connectivity index (χ2v) is 4.16. The van der Waals surface area contributed by atoms with Crippen LogP contribution in [0.5, 0.6) is 5.75 Å². The summed E-state index contributed by atoms with van der Waals surface area (Å²) in [4.78, 5) is 11.0. The molecule has 0 spiro atoms. The molecular formula is C13H16F3NO3. The van der Waals surface area contributed by atoms with Crippen molar-refractivity contribution < 1.29 is 27.4 Å². The number of rotatable bonds is 7. The molecule has 0 aliphatic rings. The highest BCUT2D eigenvalue weighted by molar-refractivity contribution is 5.71. The first-order valence-electron chi connectivity index (χ1n) is 6.01. The second-order valence-electron chi connectivity index (χ2n) is 4.16. The first-order valence-corrected chi connectivity index (χ1v) is 6.01. The lowest BCUT2D eigenvalue weighted by atomic mass is 10.1. The summed E-state index contributed by atoms with van der Waals surface area (Å²) in [6.45, 7) is 0.545. The highest BCUT2D eigenvalue weighted by atomic mass is 19.3. The molecule has 0 bridgehead atoms. The molecule has 4 nitrogen and oxygen atoms in total. The summed E-state index contributed by atoms with van der Waals surface area (Å²) >= 11 is 0. The minimum absolute atomic E-state index is 0.0148. The van der Waals surface area contributed by atoms with Crippen molar-refractivity contribution in [3.63, 3.8) is 0 Å². The molecule has 1 aromatic carbocycles. The average molecular weight is 291 g/mol.